The Morgan fingerprint density at radius 3 is 2.74 bits per heavy atom. The minimum Gasteiger partial charge on any atom is -0.331 e. The van der Waals surface area contributed by atoms with Gasteiger partial charge in [-0.05, 0) is 62.9 Å². The number of aryl methyl sites for hydroxylation is 3. The molecule has 0 spiro atoms. The van der Waals surface area contributed by atoms with Crippen molar-refractivity contribution in [3.8, 4) is 0 Å². The molecule has 0 atom stereocenters. The molecule has 0 saturated carbocycles. The van der Waals surface area contributed by atoms with Crippen LogP contribution in [0, 0.1) is 19.8 Å². The summed E-state index contributed by atoms with van der Waals surface area (Å²) in [6.07, 6.45) is 3.67. The summed E-state index contributed by atoms with van der Waals surface area (Å²) in [5.74, 6) is 2.04. The predicted molar refractivity (Wildman–Crippen MR) is 79.5 cm³/mol. The Morgan fingerprint density at radius 1 is 1.26 bits per heavy atom. The van der Waals surface area contributed by atoms with Crippen LogP contribution in [0.1, 0.15) is 29.8 Å². The van der Waals surface area contributed by atoms with Crippen LogP contribution in [0.25, 0.3) is 11.0 Å². The first kappa shape index (κ1) is 12.7. The first-order chi connectivity index (χ1) is 9.15. The van der Waals surface area contributed by atoms with Gasteiger partial charge in [0.1, 0.15) is 5.82 Å². The highest BCUT2D eigenvalue weighted by atomic mass is 15.1. The Balaban J connectivity index is 1.95. The largest absolute Gasteiger partial charge is 0.331 e. The van der Waals surface area contributed by atoms with Gasteiger partial charge in [-0.15, -0.1) is 0 Å². The number of fused-ring (bicyclic) bond motifs is 1. The van der Waals surface area contributed by atoms with E-state index in [-0.39, 0.29) is 0 Å². The van der Waals surface area contributed by atoms with E-state index in [1.165, 1.54) is 40.8 Å². The summed E-state index contributed by atoms with van der Waals surface area (Å²) in [7, 11) is 2.16. The molecule has 3 nitrogen and oxygen atoms in total. The number of hydrogen-bond donors (Lipinski definition) is 1. The van der Waals surface area contributed by atoms with E-state index in [1.807, 2.05) is 0 Å². The van der Waals surface area contributed by atoms with Crippen molar-refractivity contribution in [3.63, 3.8) is 0 Å². The summed E-state index contributed by atoms with van der Waals surface area (Å²) in [5.41, 5.74) is 5.07. The normalized spacial score (nSPS) is 17.2. The molecule has 0 bridgehead atoms. The number of hydrogen-bond acceptors (Lipinski definition) is 2. The summed E-state index contributed by atoms with van der Waals surface area (Å²) in [6.45, 7) is 6.64. The summed E-state index contributed by atoms with van der Waals surface area (Å²) >= 11 is 0. The molecular formula is C16H23N3. The second-order valence-electron chi connectivity index (χ2n) is 5.93. The lowest BCUT2D eigenvalue weighted by molar-refractivity contribution is 0.365. The van der Waals surface area contributed by atoms with Gasteiger partial charge in [0.15, 0.2) is 0 Å². The molecule has 1 aliphatic rings. The van der Waals surface area contributed by atoms with Gasteiger partial charge < -0.3 is 9.88 Å². The van der Waals surface area contributed by atoms with Crippen LogP contribution in [0.15, 0.2) is 12.1 Å². The minimum absolute atomic E-state index is 0.790. The molecule has 102 valence electrons. The molecule has 0 radical (unpaired) electrons. The lowest BCUT2D eigenvalue weighted by Crippen LogP contribution is -2.29. The van der Waals surface area contributed by atoms with Gasteiger partial charge in [0.2, 0.25) is 0 Å². The molecule has 0 amide bonds. The Labute approximate surface area is 115 Å². The van der Waals surface area contributed by atoms with Crippen molar-refractivity contribution in [1.82, 2.24) is 14.9 Å². The molecule has 1 aromatic carbocycles. The average molecular weight is 257 g/mol. The van der Waals surface area contributed by atoms with Gasteiger partial charge in [0, 0.05) is 13.5 Å². The van der Waals surface area contributed by atoms with Gasteiger partial charge in [0.25, 0.3) is 0 Å². The van der Waals surface area contributed by atoms with Gasteiger partial charge in [-0.1, -0.05) is 6.07 Å². The standard InChI is InChI=1S/C16H23N3/c1-11-8-12(2)16-14(9-11)19(3)15(18-16)10-13-4-6-17-7-5-13/h8-9,13,17H,4-7,10H2,1-3H3. The third-order valence-corrected chi connectivity index (χ3v) is 4.34. The maximum atomic E-state index is 4.89. The quantitative estimate of drug-likeness (QED) is 0.896. The zero-order valence-corrected chi connectivity index (χ0v) is 12.2. The van der Waals surface area contributed by atoms with E-state index >= 15 is 0 Å². The van der Waals surface area contributed by atoms with Crippen molar-refractivity contribution >= 4 is 11.0 Å². The number of nitrogens with zero attached hydrogens (tertiary/aromatic N) is 2. The van der Waals surface area contributed by atoms with Crippen LogP contribution in [0.4, 0.5) is 0 Å². The van der Waals surface area contributed by atoms with E-state index in [4.69, 9.17) is 4.98 Å². The summed E-state index contributed by atoms with van der Waals surface area (Å²) < 4.78 is 2.29. The molecule has 0 aliphatic carbocycles. The molecule has 3 heteroatoms. The molecule has 19 heavy (non-hydrogen) atoms. The highest BCUT2D eigenvalue weighted by Crippen LogP contribution is 2.24. The zero-order chi connectivity index (χ0) is 13.4. The number of benzene rings is 1. The highest BCUT2D eigenvalue weighted by molar-refractivity contribution is 5.80. The van der Waals surface area contributed by atoms with Crippen molar-refractivity contribution in [2.75, 3.05) is 13.1 Å². The minimum atomic E-state index is 0.790. The lowest BCUT2D eigenvalue weighted by atomic mass is 9.94. The van der Waals surface area contributed by atoms with Crippen molar-refractivity contribution in [1.29, 1.82) is 0 Å². The number of imidazole rings is 1. The summed E-state index contributed by atoms with van der Waals surface area (Å²) in [5, 5.41) is 3.43. The molecule has 0 unspecified atom stereocenters. The Kier molecular flexibility index (Phi) is 3.31. The smallest absolute Gasteiger partial charge is 0.109 e. The van der Waals surface area contributed by atoms with Crippen molar-refractivity contribution < 1.29 is 0 Å². The maximum absolute atomic E-state index is 4.89. The average Bonchev–Trinajstić information content (AvgIpc) is 2.69. The summed E-state index contributed by atoms with van der Waals surface area (Å²) in [6, 6.07) is 4.48. The van der Waals surface area contributed by atoms with E-state index < -0.39 is 0 Å². The van der Waals surface area contributed by atoms with Crippen molar-refractivity contribution in [2.24, 2.45) is 13.0 Å². The van der Waals surface area contributed by atoms with Crippen LogP contribution in [0.2, 0.25) is 0 Å². The molecule has 1 saturated heterocycles. The third-order valence-electron chi connectivity index (χ3n) is 4.34. The van der Waals surface area contributed by atoms with Crippen LogP contribution in [-0.4, -0.2) is 22.6 Å². The fourth-order valence-corrected chi connectivity index (χ4v) is 3.21. The number of rotatable bonds is 2. The van der Waals surface area contributed by atoms with Crippen LogP contribution in [0.3, 0.4) is 0 Å². The van der Waals surface area contributed by atoms with Crippen molar-refractivity contribution in [3.05, 3.63) is 29.1 Å². The van der Waals surface area contributed by atoms with Gasteiger partial charge in [-0.3, -0.25) is 0 Å². The molecular weight excluding hydrogens is 234 g/mol. The van der Waals surface area contributed by atoms with E-state index in [0.29, 0.717) is 0 Å². The van der Waals surface area contributed by atoms with Crippen LogP contribution < -0.4 is 5.32 Å². The van der Waals surface area contributed by atoms with E-state index in [9.17, 15) is 0 Å². The number of aromatic nitrogens is 2. The molecule has 1 aliphatic heterocycles. The highest BCUT2D eigenvalue weighted by Gasteiger charge is 2.17. The topological polar surface area (TPSA) is 29.9 Å². The first-order valence-electron chi connectivity index (χ1n) is 7.28. The lowest BCUT2D eigenvalue weighted by Gasteiger charge is -2.22. The molecule has 2 aromatic rings. The SMILES string of the molecule is Cc1cc(C)c2nc(CC3CCNCC3)n(C)c2c1. The van der Waals surface area contributed by atoms with Gasteiger partial charge in [0.05, 0.1) is 11.0 Å². The van der Waals surface area contributed by atoms with E-state index in [0.717, 1.165) is 25.4 Å². The van der Waals surface area contributed by atoms with Crippen LogP contribution >= 0.6 is 0 Å². The predicted octanol–water partition coefficient (Wildman–Crippen LogP) is 2.73. The molecule has 1 fully saturated rings. The third kappa shape index (κ3) is 2.39. The van der Waals surface area contributed by atoms with E-state index in [2.05, 4.69) is 42.9 Å². The monoisotopic (exact) mass is 257 g/mol. The Hall–Kier alpha value is -1.35. The first-order valence-corrected chi connectivity index (χ1v) is 7.28. The maximum Gasteiger partial charge on any atom is 0.109 e. The van der Waals surface area contributed by atoms with Gasteiger partial charge >= 0.3 is 0 Å². The van der Waals surface area contributed by atoms with Crippen molar-refractivity contribution in [2.45, 2.75) is 33.1 Å². The molecule has 3 rings (SSSR count). The number of piperidine rings is 1. The molecule has 2 heterocycles. The Bertz CT molecular complexity index is 592. The molecule has 1 aromatic heterocycles. The number of nitrogens with one attached hydrogen (secondary N) is 1. The fraction of sp³-hybridized carbons (Fsp3) is 0.562. The van der Waals surface area contributed by atoms with Crippen LogP contribution in [-0.2, 0) is 13.5 Å². The van der Waals surface area contributed by atoms with Gasteiger partial charge in [-0.25, -0.2) is 4.98 Å². The zero-order valence-electron chi connectivity index (χ0n) is 12.2. The Morgan fingerprint density at radius 2 is 2.00 bits per heavy atom. The van der Waals surface area contributed by atoms with E-state index in [1.54, 1.807) is 0 Å². The second-order valence-corrected chi connectivity index (χ2v) is 5.93. The summed E-state index contributed by atoms with van der Waals surface area (Å²) in [4.78, 5) is 4.89. The van der Waals surface area contributed by atoms with Crippen LogP contribution in [0.5, 0.6) is 0 Å². The van der Waals surface area contributed by atoms with Gasteiger partial charge in [-0.2, -0.15) is 0 Å². The second kappa shape index (κ2) is 4.97. The fourth-order valence-electron chi connectivity index (χ4n) is 3.21. The molecule has 1 N–H and O–H groups in total.